The zero-order chi connectivity index (χ0) is 31.6. The molecule has 2 aromatic carbocycles. The van der Waals surface area contributed by atoms with Crippen molar-refractivity contribution < 1.29 is 22.4 Å². The largest absolute Gasteiger partial charge is 0.417 e. The summed E-state index contributed by atoms with van der Waals surface area (Å²) in [7, 11) is 2.03. The van der Waals surface area contributed by atoms with Gasteiger partial charge in [0.1, 0.15) is 5.82 Å². The molecular formula is C33H39F4N5O2. The van der Waals surface area contributed by atoms with E-state index in [1.807, 2.05) is 7.05 Å². The van der Waals surface area contributed by atoms with Gasteiger partial charge < -0.3 is 20.5 Å². The van der Waals surface area contributed by atoms with E-state index < -0.39 is 34.6 Å². The Kier molecular flexibility index (Phi) is 9.45. The molecule has 1 aliphatic heterocycles. The molecule has 44 heavy (non-hydrogen) atoms. The first-order valence-corrected chi connectivity index (χ1v) is 15.1. The first-order chi connectivity index (χ1) is 20.9. The van der Waals surface area contributed by atoms with Crippen LogP contribution in [0.1, 0.15) is 67.4 Å². The van der Waals surface area contributed by atoms with E-state index in [1.165, 1.54) is 25.3 Å². The Hall–Kier alpha value is -3.70. The molecule has 0 spiro atoms. The number of H-pyrrole nitrogens is 1. The van der Waals surface area contributed by atoms with E-state index in [0.717, 1.165) is 24.6 Å². The fourth-order valence-electron chi connectivity index (χ4n) is 6.24. The van der Waals surface area contributed by atoms with Crippen LogP contribution in [0.25, 0.3) is 11.1 Å². The number of amides is 1. The minimum Gasteiger partial charge on any atom is -0.367 e. The normalized spacial score (nSPS) is 20.1. The van der Waals surface area contributed by atoms with Crippen LogP contribution in [-0.2, 0) is 12.7 Å². The number of hydrogen-bond donors (Lipinski definition) is 3. The Morgan fingerprint density at radius 3 is 2.39 bits per heavy atom. The van der Waals surface area contributed by atoms with E-state index in [4.69, 9.17) is 0 Å². The fourth-order valence-corrected chi connectivity index (χ4v) is 6.24. The molecule has 1 saturated heterocycles. The average molecular weight is 614 g/mol. The second kappa shape index (κ2) is 13.1. The van der Waals surface area contributed by atoms with Crippen molar-refractivity contribution >= 4 is 17.3 Å². The lowest BCUT2D eigenvalue weighted by Crippen LogP contribution is -2.55. The number of alkyl halides is 3. The van der Waals surface area contributed by atoms with Crippen molar-refractivity contribution in [3.05, 3.63) is 81.5 Å². The molecule has 3 N–H and O–H groups in total. The topological polar surface area (TPSA) is 80.5 Å². The summed E-state index contributed by atoms with van der Waals surface area (Å²) in [5.74, 6) is -1.48. The van der Waals surface area contributed by atoms with Gasteiger partial charge in [-0.15, -0.1) is 0 Å². The number of aromatic nitrogens is 1. The van der Waals surface area contributed by atoms with E-state index in [0.29, 0.717) is 48.6 Å². The Morgan fingerprint density at radius 1 is 1.00 bits per heavy atom. The van der Waals surface area contributed by atoms with Crippen LogP contribution in [0, 0.1) is 5.82 Å². The van der Waals surface area contributed by atoms with Gasteiger partial charge in [-0.3, -0.25) is 14.5 Å². The Balaban J connectivity index is 1.51. The molecule has 3 aromatic rings. The van der Waals surface area contributed by atoms with Gasteiger partial charge in [-0.2, -0.15) is 13.2 Å². The molecule has 7 nitrogen and oxygen atoms in total. The highest BCUT2D eigenvalue weighted by atomic mass is 19.4. The van der Waals surface area contributed by atoms with Gasteiger partial charge in [0.05, 0.1) is 22.5 Å². The molecule has 1 aliphatic carbocycles. The van der Waals surface area contributed by atoms with Crippen molar-refractivity contribution in [1.82, 2.24) is 15.2 Å². The number of likely N-dealkylation sites (N-methyl/N-ethyl adjacent to an activating group) is 1. The predicted octanol–water partition coefficient (Wildman–Crippen LogP) is 6.40. The zero-order valence-corrected chi connectivity index (χ0v) is 25.2. The molecule has 1 saturated carbocycles. The van der Waals surface area contributed by atoms with Crippen LogP contribution in [0.15, 0.2) is 53.5 Å². The average Bonchev–Trinajstić information content (AvgIpc) is 2.99. The van der Waals surface area contributed by atoms with Crippen molar-refractivity contribution in [2.75, 3.05) is 30.4 Å². The number of carbonyl (C=O) groups excluding carboxylic acids is 1. The summed E-state index contributed by atoms with van der Waals surface area (Å²) in [6, 6.07) is 11.2. The molecule has 1 aromatic heterocycles. The predicted molar refractivity (Wildman–Crippen MR) is 164 cm³/mol. The molecule has 5 rings (SSSR count). The molecule has 2 aliphatic rings. The molecule has 0 unspecified atom stereocenters. The standard InChI is InChI=1S/C33H39F4N5O2/c1-20-18-42(19-21(2)41(20)3)30-12-10-23(25-13-22(9-11-28(25)34)16-38-24-7-5-4-6-8-24)14-29(30)40-32(44)26-17-39-31(43)15-27(26)33(35,36)37/h9-15,17,20-21,24,38H,4-8,16,18-19H2,1-3H3,(H,39,43)(H,40,44)/t20-,21+. The molecule has 0 bridgehead atoms. The van der Waals surface area contributed by atoms with Crippen LogP contribution in [-0.4, -0.2) is 54.1 Å². The minimum absolute atomic E-state index is 0.170. The van der Waals surface area contributed by atoms with Crippen molar-refractivity contribution in [2.45, 2.75) is 76.8 Å². The summed E-state index contributed by atoms with van der Waals surface area (Å²) in [5, 5.41) is 6.23. The van der Waals surface area contributed by atoms with Crippen LogP contribution in [0.3, 0.4) is 0 Å². The third-order valence-electron chi connectivity index (χ3n) is 8.96. The molecule has 2 heterocycles. The highest BCUT2D eigenvalue weighted by molar-refractivity contribution is 6.07. The number of nitrogens with one attached hydrogen (secondary N) is 3. The summed E-state index contributed by atoms with van der Waals surface area (Å²) in [6.45, 7) is 5.97. The summed E-state index contributed by atoms with van der Waals surface area (Å²) in [5.41, 5.74) is -0.429. The maximum Gasteiger partial charge on any atom is 0.417 e. The summed E-state index contributed by atoms with van der Waals surface area (Å²) < 4.78 is 56.6. The monoisotopic (exact) mass is 613 g/mol. The number of aromatic amines is 1. The SMILES string of the molecule is C[C@@H]1CN(c2ccc(-c3cc(CNC4CCCCC4)ccc3F)cc2NC(=O)c2c[nH]c(=O)cc2C(F)(F)F)C[C@H](C)N1C. The number of halogens is 4. The Morgan fingerprint density at radius 2 is 1.70 bits per heavy atom. The number of benzene rings is 2. The quantitative estimate of drug-likeness (QED) is 0.269. The second-order valence-electron chi connectivity index (χ2n) is 12.1. The smallest absolute Gasteiger partial charge is 0.367 e. The lowest BCUT2D eigenvalue weighted by molar-refractivity contribution is -0.138. The van der Waals surface area contributed by atoms with Gasteiger partial charge >= 0.3 is 6.18 Å². The number of hydrogen-bond acceptors (Lipinski definition) is 5. The van der Waals surface area contributed by atoms with E-state index in [-0.39, 0.29) is 17.8 Å². The second-order valence-corrected chi connectivity index (χ2v) is 12.1. The summed E-state index contributed by atoms with van der Waals surface area (Å²) >= 11 is 0. The van der Waals surface area contributed by atoms with E-state index >= 15 is 4.39 Å². The lowest BCUT2D eigenvalue weighted by atomic mass is 9.95. The number of nitrogens with zero attached hydrogens (tertiary/aromatic N) is 2. The van der Waals surface area contributed by atoms with Crippen molar-refractivity contribution in [3.63, 3.8) is 0 Å². The molecule has 236 valence electrons. The maximum absolute atomic E-state index is 15.2. The lowest BCUT2D eigenvalue weighted by Gasteiger charge is -2.44. The van der Waals surface area contributed by atoms with Gasteiger partial charge in [0, 0.05) is 55.6 Å². The number of piperazine rings is 1. The van der Waals surface area contributed by atoms with E-state index in [1.54, 1.807) is 30.3 Å². The highest BCUT2D eigenvalue weighted by Gasteiger charge is 2.36. The third kappa shape index (κ3) is 7.15. The van der Waals surface area contributed by atoms with E-state index in [9.17, 15) is 22.8 Å². The van der Waals surface area contributed by atoms with E-state index in [2.05, 4.69) is 39.3 Å². The van der Waals surface area contributed by atoms with Gasteiger partial charge in [-0.05, 0) is 69.1 Å². The van der Waals surface area contributed by atoms with Gasteiger partial charge in [0.2, 0.25) is 5.56 Å². The third-order valence-corrected chi connectivity index (χ3v) is 8.96. The van der Waals surface area contributed by atoms with Crippen molar-refractivity contribution in [2.24, 2.45) is 0 Å². The molecule has 2 atom stereocenters. The minimum atomic E-state index is -4.91. The number of carbonyl (C=O) groups is 1. The highest BCUT2D eigenvalue weighted by Crippen LogP contribution is 2.36. The van der Waals surface area contributed by atoms with Crippen LogP contribution in [0.5, 0.6) is 0 Å². The molecule has 11 heteroatoms. The van der Waals surface area contributed by atoms with Gasteiger partial charge in [0.15, 0.2) is 0 Å². The Bertz CT molecular complexity index is 1540. The number of anilines is 2. The fraction of sp³-hybridized carbons (Fsp3) is 0.455. The van der Waals surface area contributed by atoms with Gasteiger partial charge in [-0.1, -0.05) is 31.4 Å². The van der Waals surface area contributed by atoms with Crippen LogP contribution in [0.4, 0.5) is 28.9 Å². The molecule has 0 radical (unpaired) electrons. The zero-order valence-electron chi connectivity index (χ0n) is 25.2. The van der Waals surface area contributed by atoms with Gasteiger partial charge in [0.25, 0.3) is 5.91 Å². The van der Waals surface area contributed by atoms with Crippen molar-refractivity contribution in [3.8, 4) is 11.1 Å². The molecular weight excluding hydrogens is 574 g/mol. The molecule has 2 fully saturated rings. The van der Waals surface area contributed by atoms with Gasteiger partial charge in [-0.25, -0.2) is 4.39 Å². The molecule has 1 amide bonds. The summed E-state index contributed by atoms with van der Waals surface area (Å²) in [6.07, 6.45) is 1.74. The van der Waals surface area contributed by atoms with Crippen LogP contribution >= 0.6 is 0 Å². The number of rotatable bonds is 7. The maximum atomic E-state index is 15.2. The van der Waals surface area contributed by atoms with Crippen LogP contribution in [0.2, 0.25) is 0 Å². The first-order valence-electron chi connectivity index (χ1n) is 15.1. The van der Waals surface area contributed by atoms with Crippen LogP contribution < -0.4 is 21.1 Å². The number of pyridine rings is 1. The first kappa shape index (κ1) is 31.7. The van der Waals surface area contributed by atoms with Crippen molar-refractivity contribution in [1.29, 1.82) is 0 Å². The summed E-state index contributed by atoms with van der Waals surface area (Å²) in [4.78, 5) is 31.5. The Labute approximate surface area is 254 Å².